The Hall–Kier alpha value is -6.00. The molecule has 0 spiro atoms. The van der Waals surface area contributed by atoms with Crippen LogP contribution < -0.4 is 31.3 Å². The maximum absolute atomic E-state index is 12.8. The van der Waals surface area contributed by atoms with Crippen LogP contribution in [0.5, 0.6) is 11.5 Å². The fourth-order valence-electron chi connectivity index (χ4n) is 5.93. The molecule has 20 heteroatoms. The molecule has 0 saturated heterocycles. The van der Waals surface area contributed by atoms with Crippen molar-refractivity contribution in [3.8, 4) is 11.5 Å². The van der Waals surface area contributed by atoms with Crippen molar-refractivity contribution in [2.24, 2.45) is 4.99 Å². The monoisotopic (exact) mass is 964 g/mol. The number of para-hydroxylation sites is 1. The van der Waals surface area contributed by atoms with E-state index in [-0.39, 0.29) is 61.4 Å². The van der Waals surface area contributed by atoms with Gasteiger partial charge in [-0.05, 0) is 129 Å². The van der Waals surface area contributed by atoms with Crippen molar-refractivity contribution in [3.05, 3.63) is 94.1 Å². The molecule has 68 heavy (non-hydrogen) atoms. The number of phenolic OH excluding ortho intramolecular Hbond substituents is 1. The number of aliphatic imine (C=N–C) groups is 1. The summed E-state index contributed by atoms with van der Waals surface area (Å²) in [5.74, 6) is -1.20. The van der Waals surface area contributed by atoms with Crippen LogP contribution in [-0.2, 0) is 28.5 Å². The Morgan fingerprint density at radius 2 is 1.41 bits per heavy atom. The number of esters is 1. The van der Waals surface area contributed by atoms with Crippen LogP contribution >= 0.6 is 11.8 Å². The van der Waals surface area contributed by atoms with Gasteiger partial charge in [-0.3, -0.25) is 9.59 Å². The number of aliphatic hydroxyl groups excluding tert-OH is 1. The van der Waals surface area contributed by atoms with Crippen LogP contribution in [0, 0.1) is 0 Å². The lowest BCUT2D eigenvalue weighted by atomic mass is 10.1. The number of nitrogens with zero attached hydrogens (tertiary/aromatic N) is 3. The second kappa shape index (κ2) is 32.7. The van der Waals surface area contributed by atoms with Crippen molar-refractivity contribution in [3.63, 3.8) is 0 Å². The molecule has 0 aliphatic carbocycles. The quantitative estimate of drug-likeness (QED) is 0.0268. The molecule has 0 saturated carbocycles. The summed E-state index contributed by atoms with van der Waals surface area (Å²) < 4.78 is 27.4. The van der Waals surface area contributed by atoms with Gasteiger partial charge < -0.3 is 70.3 Å². The Morgan fingerprint density at radius 1 is 0.765 bits per heavy atom. The molecule has 4 rings (SSSR count). The normalized spacial score (nSPS) is 13.4. The smallest absolute Gasteiger partial charge is 0.344 e. The van der Waals surface area contributed by atoms with Gasteiger partial charge in [-0.2, -0.15) is 0 Å². The second-order valence-electron chi connectivity index (χ2n) is 15.3. The van der Waals surface area contributed by atoms with Crippen LogP contribution in [0.15, 0.2) is 88.0 Å². The lowest BCUT2D eigenvalue weighted by molar-refractivity contribution is -0.138. The fraction of sp³-hybridized carbons (Fsp3) is 0.438. The number of carbonyl (C=O) groups excluding carboxylic acids is 4. The van der Waals surface area contributed by atoms with Gasteiger partial charge in [0.05, 0.1) is 56.8 Å². The molecule has 0 aromatic heterocycles. The molecular formula is C48H68N8O11S. The average molecular weight is 965 g/mol. The van der Waals surface area contributed by atoms with Crippen molar-refractivity contribution >= 4 is 64.3 Å². The van der Waals surface area contributed by atoms with Crippen LogP contribution in [0.3, 0.4) is 0 Å². The summed E-state index contributed by atoms with van der Waals surface area (Å²) in [5, 5.41) is 35.6. The van der Waals surface area contributed by atoms with Crippen LogP contribution in [0.4, 0.5) is 21.9 Å². The number of carbonyl (C=O) groups is 4. The minimum absolute atomic E-state index is 0.0203. The van der Waals surface area contributed by atoms with E-state index in [0.717, 1.165) is 31.3 Å². The molecular weight excluding hydrogens is 897 g/mol. The Kier molecular flexibility index (Phi) is 27.1. The van der Waals surface area contributed by atoms with Crippen molar-refractivity contribution in [1.82, 2.24) is 25.8 Å². The summed E-state index contributed by atoms with van der Waals surface area (Å²) in [6.45, 7) is 7.55. The summed E-state index contributed by atoms with van der Waals surface area (Å²) >= 11 is 1.12. The van der Waals surface area contributed by atoms with Crippen LogP contribution in [-0.4, -0.2) is 170 Å². The first-order valence-corrected chi connectivity index (χ1v) is 23.1. The number of ether oxygens (including phenoxy) is 5. The Labute approximate surface area is 403 Å². The number of thioether (sulfide) groups is 1. The van der Waals surface area contributed by atoms with Crippen LogP contribution in [0.2, 0.25) is 0 Å². The number of urea groups is 1. The highest BCUT2D eigenvalue weighted by molar-refractivity contribution is 8.18. The second-order valence-corrected chi connectivity index (χ2v) is 16.4. The molecule has 3 aromatic rings. The maximum atomic E-state index is 12.8. The number of benzene rings is 3. The van der Waals surface area contributed by atoms with Gasteiger partial charge in [0.25, 0.3) is 5.91 Å². The minimum Gasteiger partial charge on any atom is -0.506 e. The van der Waals surface area contributed by atoms with E-state index < -0.39 is 17.9 Å². The standard InChI is InChI=1S/C42H52N6O11S.C6H16N2/c1-4-58-41(53)37-38(51)36(60-40(37)46-31-9-6-5-7-10-31)24-29-11-12-35(34(50)23-29)59-22-21-57-20-19-56-18-17-55-16-14-43-39(52)30-25-32(45-28-49)27-33(26-30)47-42(54)44-13-8-15-48(2)3;1-7-5-4-6-8(2)3/h5-7,9-12,23-28,50-51H,4,8,13-22H2,1-3H3,(H,43,52)(H,45,49)(H2,44,47,54);7H,4-6H2,1-3H3/b36-24-,46-40?;. The molecule has 0 radical (unpaired) electrons. The minimum atomic E-state index is -0.680. The summed E-state index contributed by atoms with van der Waals surface area (Å²) in [6.07, 6.45) is 4.13. The van der Waals surface area contributed by atoms with E-state index in [0.29, 0.717) is 72.0 Å². The Balaban J connectivity index is 0.00000140. The maximum Gasteiger partial charge on any atom is 0.344 e. The molecule has 372 valence electrons. The average Bonchev–Trinajstić information content (AvgIpc) is 3.60. The van der Waals surface area contributed by atoms with Gasteiger partial charge in [0.1, 0.15) is 23.0 Å². The predicted octanol–water partition coefficient (Wildman–Crippen LogP) is 5.24. The zero-order chi connectivity index (χ0) is 49.5. The highest BCUT2D eigenvalue weighted by Crippen LogP contribution is 2.41. The highest BCUT2D eigenvalue weighted by atomic mass is 32.2. The summed E-state index contributed by atoms with van der Waals surface area (Å²) in [6, 6.07) is 18.0. The SMILES string of the molecule is CCOC(=O)C1=C(O)/C(=C/c2ccc(OCCOCCOCCOCCNC(=O)c3cc(NC=O)cc(NC(=O)NCCCN(C)C)c3)c(O)c2)SC1=Nc1ccccc1.CNCCCN(C)C. The first kappa shape index (κ1) is 56.3. The third kappa shape index (κ3) is 22.2. The van der Waals surface area contributed by atoms with E-state index in [1.165, 1.54) is 31.2 Å². The molecule has 0 fully saturated rings. The third-order valence-corrected chi connectivity index (χ3v) is 10.2. The van der Waals surface area contributed by atoms with Crippen molar-refractivity contribution in [2.45, 2.75) is 19.8 Å². The van der Waals surface area contributed by atoms with Gasteiger partial charge in [-0.15, -0.1) is 0 Å². The molecule has 7 N–H and O–H groups in total. The van der Waals surface area contributed by atoms with Crippen molar-refractivity contribution < 1.29 is 53.1 Å². The number of rotatable bonds is 29. The van der Waals surface area contributed by atoms with Crippen LogP contribution in [0.25, 0.3) is 6.08 Å². The van der Waals surface area contributed by atoms with Crippen LogP contribution in [0.1, 0.15) is 35.7 Å². The number of phenols is 1. The molecule has 19 nitrogen and oxygen atoms in total. The van der Waals surface area contributed by atoms with Gasteiger partial charge in [0, 0.05) is 30.0 Å². The lowest BCUT2D eigenvalue weighted by Crippen LogP contribution is -2.31. The van der Waals surface area contributed by atoms with E-state index in [1.807, 2.05) is 44.2 Å². The third-order valence-electron chi connectivity index (χ3n) is 9.18. The van der Waals surface area contributed by atoms with Gasteiger partial charge >= 0.3 is 12.0 Å². The van der Waals surface area contributed by atoms with Crippen molar-refractivity contribution in [1.29, 1.82) is 0 Å². The first-order chi connectivity index (χ1) is 32.8. The number of hydrogen-bond acceptors (Lipinski definition) is 16. The zero-order valence-corrected chi connectivity index (χ0v) is 40.7. The Bertz CT molecular complexity index is 2120. The van der Waals surface area contributed by atoms with E-state index >= 15 is 0 Å². The molecule has 1 aliphatic rings. The molecule has 3 aromatic carbocycles. The molecule has 0 unspecified atom stereocenters. The van der Waals surface area contributed by atoms with Crippen molar-refractivity contribution in [2.75, 3.05) is 131 Å². The Morgan fingerprint density at radius 3 is 2.04 bits per heavy atom. The summed E-state index contributed by atoms with van der Waals surface area (Å²) in [7, 11) is 10.1. The van der Waals surface area contributed by atoms with E-state index in [2.05, 4.69) is 50.6 Å². The molecule has 0 atom stereocenters. The first-order valence-electron chi connectivity index (χ1n) is 22.3. The number of anilines is 2. The summed E-state index contributed by atoms with van der Waals surface area (Å²) in [5.41, 5.74) is 2.10. The van der Waals surface area contributed by atoms with E-state index in [1.54, 1.807) is 43.3 Å². The van der Waals surface area contributed by atoms with Gasteiger partial charge in [-0.25, -0.2) is 14.6 Å². The number of hydrogen-bond donors (Lipinski definition) is 7. The summed E-state index contributed by atoms with van der Waals surface area (Å²) in [4.78, 5) is 57.9. The molecule has 0 bridgehead atoms. The number of amides is 4. The highest BCUT2D eigenvalue weighted by Gasteiger charge is 2.33. The topological polar surface area (TPSA) is 234 Å². The molecule has 1 aliphatic heterocycles. The predicted molar refractivity (Wildman–Crippen MR) is 267 cm³/mol. The van der Waals surface area contributed by atoms with E-state index in [4.69, 9.17) is 23.7 Å². The molecule has 4 amide bonds. The number of aliphatic hydroxyl groups is 1. The largest absolute Gasteiger partial charge is 0.506 e. The fourth-order valence-corrected chi connectivity index (χ4v) is 6.96. The van der Waals surface area contributed by atoms with Gasteiger partial charge in [0.2, 0.25) is 6.41 Å². The van der Waals surface area contributed by atoms with Gasteiger partial charge in [-0.1, -0.05) is 36.0 Å². The lowest BCUT2D eigenvalue weighted by Gasteiger charge is -2.13. The van der Waals surface area contributed by atoms with E-state index in [9.17, 15) is 29.4 Å². The van der Waals surface area contributed by atoms with Gasteiger partial charge in [0.15, 0.2) is 11.5 Å². The zero-order valence-electron chi connectivity index (χ0n) is 39.9. The number of nitrogens with one attached hydrogen (secondary N) is 5. The molecule has 1 heterocycles. The number of aromatic hydroxyl groups is 1.